The van der Waals surface area contributed by atoms with E-state index in [0.717, 1.165) is 12.1 Å². The first-order valence-corrected chi connectivity index (χ1v) is 4.11. The number of nitrogens with zero attached hydrogens (tertiary/aromatic N) is 1. The van der Waals surface area contributed by atoms with Crippen LogP contribution in [0.3, 0.4) is 0 Å². The molecule has 0 amide bonds. The van der Waals surface area contributed by atoms with E-state index in [0.29, 0.717) is 5.56 Å². The van der Waals surface area contributed by atoms with Crippen LogP contribution in [0.15, 0.2) is 18.2 Å². The Morgan fingerprint density at radius 3 is 2.79 bits per heavy atom. The number of hydrogen-bond donors (Lipinski definition) is 1. The lowest BCUT2D eigenvalue weighted by molar-refractivity contribution is -0.387. The van der Waals surface area contributed by atoms with Crippen molar-refractivity contribution in [3.8, 4) is 0 Å². The Hall–Kier alpha value is -1.49. The van der Waals surface area contributed by atoms with E-state index in [1.54, 1.807) is 6.92 Å². The predicted octanol–water partition coefficient (Wildman–Crippen LogP) is 1.66. The summed E-state index contributed by atoms with van der Waals surface area (Å²) in [4.78, 5) is 9.59. The van der Waals surface area contributed by atoms with Crippen LogP contribution in [0.5, 0.6) is 0 Å². The van der Waals surface area contributed by atoms with Crippen LogP contribution in [0.25, 0.3) is 0 Å². The molecule has 0 radical (unpaired) electrons. The number of benzene rings is 1. The average molecular weight is 199 g/mol. The fourth-order valence-electron chi connectivity index (χ4n) is 1.17. The molecular weight excluding hydrogens is 189 g/mol. The van der Waals surface area contributed by atoms with Crippen LogP contribution in [0.1, 0.15) is 12.5 Å². The quantitative estimate of drug-likeness (QED) is 0.594. The zero-order valence-corrected chi connectivity index (χ0v) is 7.61. The van der Waals surface area contributed by atoms with Crippen LogP contribution in [0, 0.1) is 15.9 Å². The molecule has 1 atom stereocenters. The molecule has 0 aliphatic heterocycles. The Labute approximate surface area is 80.1 Å². The van der Waals surface area contributed by atoms with Gasteiger partial charge in [-0.3, -0.25) is 10.1 Å². The second kappa shape index (κ2) is 4.15. The Morgan fingerprint density at radius 2 is 2.29 bits per heavy atom. The van der Waals surface area contributed by atoms with Crippen molar-refractivity contribution < 1.29 is 14.4 Å². The molecule has 76 valence electrons. The van der Waals surface area contributed by atoms with E-state index >= 15 is 0 Å². The number of halogens is 1. The number of rotatable bonds is 3. The number of aliphatic hydroxyl groups excluding tert-OH is 1. The fraction of sp³-hybridized carbons (Fsp3) is 0.333. The third-order valence-corrected chi connectivity index (χ3v) is 1.74. The summed E-state index contributed by atoms with van der Waals surface area (Å²) in [6, 6.07) is 3.60. The summed E-state index contributed by atoms with van der Waals surface area (Å²) >= 11 is 0. The zero-order chi connectivity index (χ0) is 10.7. The van der Waals surface area contributed by atoms with Crippen LogP contribution in [0.4, 0.5) is 10.1 Å². The van der Waals surface area contributed by atoms with Crippen LogP contribution >= 0.6 is 0 Å². The standard InChI is InChI=1S/C9H10FNO3/c1-6(12)4-7-2-3-8(10)9(5-7)11(13)14/h2-3,5-6,12H,4H2,1H3. The molecule has 0 spiro atoms. The molecule has 4 nitrogen and oxygen atoms in total. The molecule has 0 saturated heterocycles. The average Bonchev–Trinajstić information content (AvgIpc) is 2.07. The molecule has 1 N–H and O–H groups in total. The normalized spacial score (nSPS) is 12.5. The van der Waals surface area contributed by atoms with Gasteiger partial charge in [-0.1, -0.05) is 6.07 Å². The van der Waals surface area contributed by atoms with E-state index in [2.05, 4.69) is 0 Å². The lowest BCUT2D eigenvalue weighted by atomic mass is 10.1. The van der Waals surface area contributed by atoms with Gasteiger partial charge in [-0.25, -0.2) is 0 Å². The van der Waals surface area contributed by atoms with Gasteiger partial charge in [-0.05, 0) is 25.0 Å². The van der Waals surface area contributed by atoms with Gasteiger partial charge in [0.2, 0.25) is 5.82 Å². The van der Waals surface area contributed by atoms with Crippen LogP contribution in [-0.4, -0.2) is 16.1 Å². The van der Waals surface area contributed by atoms with Gasteiger partial charge >= 0.3 is 5.69 Å². The molecule has 0 aliphatic carbocycles. The topological polar surface area (TPSA) is 63.4 Å². The highest BCUT2D eigenvalue weighted by Gasteiger charge is 2.14. The van der Waals surface area contributed by atoms with Gasteiger partial charge in [0, 0.05) is 6.07 Å². The highest BCUT2D eigenvalue weighted by atomic mass is 19.1. The van der Waals surface area contributed by atoms with Crippen LogP contribution in [0.2, 0.25) is 0 Å². The summed E-state index contributed by atoms with van der Waals surface area (Å²) in [6.07, 6.45) is -0.318. The van der Waals surface area contributed by atoms with Crippen molar-refractivity contribution in [1.29, 1.82) is 0 Å². The maximum atomic E-state index is 12.9. The van der Waals surface area contributed by atoms with Gasteiger partial charge < -0.3 is 5.11 Å². The summed E-state index contributed by atoms with van der Waals surface area (Å²) in [5.41, 5.74) is -0.00347. The van der Waals surface area contributed by atoms with Gasteiger partial charge in [0.15, 0.2) is 0 Å². The lowest BCUT2D eigenvalue weighted by Crippen LogP contribution is -2.05. The SMILES string of the molecule is CC(O)Cc1ccc(F)c([N+](=O)[O-])c1. The number of nitro groups is 1. The third kappa shape index (κ3) is 2.50. The van der Waals surface area contributed by atoms with Crippen molar-refractivity contribution in [3.63, 3.8) is 0 Å². The lowest BCUT2D eigenvalue weighted by Gasteiger charge is -2.03. The van der Waals surface area contributed by atoms with Crippen molar-refractivity contribution in [2.24, 2.45) is 0 Å². The smallest absolute Gasteiger partial charge is 0.305 e. The number of nitro benzene ring substituents is 1. The highest BCUT2D eigenvalue weighted by molar-refractivity contribution is 5.36. The molecule has 1 aromatic carbocycles. The largest absolute Gasteiger partial charge is 0.393 e. The fourth-order valence-corrected chi connectivity index (χ4v) is 1.17. The molecule has 0 saturated carbocycles. The summed E-state index contributed by atoms with van der Waals surface area (Å²) in [7, 11) is 0. The first-order valence-electron chi connectivity index (χ1n) is 4.11. The van der Waals surface area contributed by atoms with Gasteiger partial charge in [-0.2, -0.15) is 4.39 Å². The molecular formula is C9H10FNO3. The summed E-state index contributed by atoms with van der Waals surface area (Å²) in [6.45, 7) is 1.56. The van der Waals surface area contributed by atoms with Gasteiger partial charge in [-0.15, -0.1) is 0 Å². The van der Waals surface area contributed by atoms with E-state index in [-0.39, 0.29) is 6.42 Å². The second-order valence-electron chi connectivity index (χ2n) is 3.10. The monoisotopic (exact) mass is 199 g/mol. The van der Waals surface area contributed by atoms with E-state index in [9.17, 15) is 14.5 Å². The Balaban J connectivity index is 3.00. The van der Waals surface area contributed by atoms with E-state index in [1.165, 1.54) is 6.07 Å². The first kappa shape index (κ1) is 10.6. The number of hydrogen-bond acceptors (Lipinski definition) is 3. The van der Waals surface area contributed by atoms with Crippen molar-refractivity contribution >= 4 is 5.69 Å². The van der Waals surface area contributed by atoms with Gasteiger partial charge in [0.25, 0.3) is 0 Å². The zero-order valence-electron chi connectivity index (χ0n) is 7.61. The highest BCUT2D eigenvalue weighted by Crippen LogP contribution is 2.19. The number of aliphatic hydroxyl groups is 1. The van der Waals surface area contributed by atoms with Crippen molar-refractivity contribution in [2.45, 2.75) is 19.4 Å². The molecule has 1 rings (SSSR count). The molecule has 0 bridgehead atoms. The minimum absolute atomic E-state index is 0.279. The molecule has 0 fully saturated rings. The van der Waals surface area contributed by atoms with Crippen molar-refractivity contribution in [3.05, 3.63) is 39.7 Å². The maximum absolute atomic E-state index is 12.9. The van der Waals surface area contributed by atoms with Crippen molar-refractivity contribution in [1.82, 2.24) is 0 Å². The molecule has 5 heteroatoms. The second-order valence-corrected chi connectivity index (χ2v) is 3.10. The Morgan fingerprint density at radius 1 is 1.64 bits per heavy atom. The van der Waals surface area contributed by atoms with Gasteiger partial charge in [0.05, 0.1) is 11.0 Å². The summed E-state index contributed by atoms with van der Waals surface area (Å²) < 4.78 is 12.9. The molecule has 0 heterocycles. The Kier molecular flexibility index (Phi) is 3.14. The third-order valence-electron chi connectivity index (χ3n) is 1.74. The van der Waals surface area contributed by atoms with Gasteiger partial charge in [0.1, 0.15) is 0 Å². The first-order chi connectivity index (χ1) is 6.50. The van der Waals surface area contributed by atoms with E-state index < -0.39 is 22.5 Å². The van der Waals surface area contributed by atoms with Crippen LogP contribution in [-0.2, 0) is 6.42 Å². The van der Waals surface area contributed by atoms with Crippen molar-refractivity contribution in [2.75, 3.05) is 0 Å². The maximum Gasteiger partial charge on any atom is 0.305 e. The summed E-state index contributed by atoms with van der Waals surface area (Å²) in [5.74, 6) is -0.857. The minimum atomic E-state index is -0.857. The minimum Gasteiger partial charge on any atom is -0.393 e. The molecule has 0 aliphatic rings. The molecule has 0 aromatic heterocycles. The summed E-state index contributed by atoms with van der Waals surface area (Å²) in [5, 5.41) is 19.4. The molecule has 1 unspecified atom stereocenters. The van der Waals surface area contributed by atoms with Crippen LogP contribution < -0.4 is 0 Å². The van der Waals surface area contributed by atoms with E-state index in [1.807, 2.05) is 0 Å². The molecule has 1 aromatic rings. The predicted molar refractivity (Wildman–Crippen MR) is 48.4 cm³/mol. The Bertz CT molecular complexity index is 352. The molecule has 14 heavy (non-hydrogen) atoms. The van der Waals surface area contributed by atoms with E-state index in [4.69, 9.17) is 5.11 Å².